The Morgan fingerprint density at radius 1 is 1.17 bits per heavy atom. The fourth-order valence-corrected chi connectivity index (χ4v) is 3.94. The van der Waals surface area contributed by atoms with Crippen LogP contribution in [0.2, 0.25) is 0 Å². The number of H-pyrrole nitrogens is 1. The maximum absolute atomic E-state index is 13.1. The van der Waals surface area contributed by atoms with Crippen LogP contribution in [-0.2, 0) is 12.2 Å². The first kappa shape index (κ1) is 18.9. The van der Waals surface area contributed by atoms with E-state index in [1.807, 2.05) is 30.3 Å². The Kier molecular flexibility index (Phi) is 5.13. The van der Waals surface area contributed by atoms with Crippen molar-refractivity contribution in [1.82, 2.24) is 19.7 Å². The van der Waals surface area contributed by atoms with Crippen LogP contribution in [-0.4, -0.2) is 24.7 Å². The molecule has 0 radical (unpaired) electrons. The van der Waals surface area contributed by atoms with E-state index >= 15 is 0 Å². The van der Waals surface area contributed by atoms with Gasteiger partial charge in [0.25, 0.3) is 11.2 Å². The van der Waals surface area contributed by atoms with Gasteiger partial charge in [-0.3, -0.25) is 24.6 Å². The topological polar surface area (TPSA) is 107 Å². The molecular weight excluding hydrogens is 390 g/mol. The molecule has 0 unspecified atom stereocenters. The second-order valence-electron chi connectivity index (χ2n) is 6.40. The molecule has 4 rings (SSSR count). The van der Waals surface area contributed by atoms with E-state index in [1.165, 1.54) is 35.7 Å². The van der Waals surface area contributed by atoms with Gasteiger partial charge in [-0.1, -0.05) is 43.0 Å². The summed E-state index contributed by atoms with van der Waals surface area (Å²) >= 11 is 1.34. The first-order valence-corrected chi connectivity index (χ1v) is 9.97. The molecule has 0 amide bonds. The van der Waals surface area contributed by atoms with Crippen LogP contribution in [0.5, 0.6) is 0 Å². The van der Waals surface area contributed by atoms with Crippen molar-refractivity contribution in [3.05, 3.63) is 86.3 Å². The van der Waals surface area contributed by atoms with E-state index < -0.39 is 4.92 Å². The molecule has 0 bridgehead atoms. The van der Waals surface area contributed by atoms with Crippen molar-refractivity contribution in [2.24, 2.45) is 0 Å². The summed E-state index contributed by atoms with van der Waals surface area (Å²) in [6, 6.07) is 14.2. The minimum absolute atomic E-state index is 0.0348. The van der Waals surface area contributed by atoms with Crippen LogP contribution in [0.4, 0.5) is 5.69 Å². The average Bonchev–Trinajstić information content (AvgIpc) is 3.22. The summed E-state index contributed by atoms with van der Waals surface area (Å²) in [5.41, 5.74) is 2.89. The molecule has 2 heterocycles. The molecule has 146 valence electrons. The number of nitrogens with one attached hydrogen (secondary N) is 1. The highest BCUT2D eigenvalue weighted by Crippen LogP contribution is 2.25. The van der Waals surface area contributed by atoms with Gasteiger partial charge in [-0.25, -0.2) is 4.98 Å². The normalized spacial score (nSPS) is 11.1. The Morgan fingerprint density at radius 2 is 1.97 bits per heavy atom. The van der Waals surface area contributed by atoms with Gasteiger partial charge in [0.2, 0.25) is 0 Å². The molecule has 0 atom stereocenters. The number of hydrogen-bond donors (Lipinski definition) is 1. The van der Waals surface area contributed by atoms with E-state index in [4.69, 9.17) is 0 Å². The van der Waals surface area contributed by atoms with Gasteiger partial charge < -0.3 is 0 Å². The monoisotopic (exact) mass is 407 g/mol. The molecule has 8 nitrogen and oxygen atoms in total. The number of benzene rings is 2. The number of hydrogen-bond acceptors (Lipinski definition) is 6. The van der Waals surface area contributed by atoms with Crippen molar-refractivity contribution in [1.29, 1.82) is 0 Å². The van der Waals surface area contributed by atoms with Gasteiger partial charge in [0.1, 0.15) is 5.39 Å². The third-order valence-corrected chi connectivity index (χ3v) is 5.55. The lowest BCUT2D eigenvalue weighted by Crippen LogP contribution is -2.21. The molecule has 0 aliphatic carbocycles. The van der Waals surface area contributed by atoms with Gasteiger partial charge in [0, 0.05) is 17.9 Å². The molecule has 2 aromatic heterocycles. The molecule has 0 fully saturated rings. The summed E-state index contributed by atoms with van der Waals surface area (Å²) < 4.78 is 1.55. The number of rotatable bonds is 6. The van der Waals surface area contributed by atoms with Gasteiger partial charge in [-0.05, 0) is 29.7 Å². The maximum Gasteiger partial charge on any atom is 0.269 e. The Morgan fingerprint density at radius 3 is 2.69 bits per heavy atom. The summed E-state index contributed by atoms with van der Waals surface area (Å²) in [6.07, 6.45) is 2.37. The molecule has 29 heavy (non-hydrogen) atoms. The summed E-state index contributed by atoms with van der Waals surface area (Å²) in [5.74, 6) is 0.431. The molecule has 0 saturated heterocycles. The average molecular weight is 407 g/mol. The lowest BCUT2D eigenvalue weighted by Gasteiger charge is -2.12. The highest BCUT2D eigenvalue weighted by Gasteiger charge is 2.15. The zero-order chi connectivity index (χ0) is 20.4. The van der Waals surface area contributed by atoms with E-state index in [9.17, 15) is 14.9 Å². The third-order valence-electron chi connectivity index (χ3n) is 4.54. The SMILES string of the molecule is CCc1ccc(-n2c(SCc3cccc([N+](=O)[O-])c3)nc3[nH]ncc3c2=O)cc1. The van der Waals surface area contributed by atoms with Crippen LogP contribution in [0, 0.1) is 10.1 Å². The van der Waals surface area contributed by atoms with Gasteiger partial charge in [-0.2, -0.15) is 5.10 Å². The van der Waals surface area contributed by atoms with Gasteiger partial charge in [-0.15, -0.1) is 0 Å². The van der Waals surface area contributed by atoms with Gasteiger partial charge in [0.05, 0.1) is 16.8 Å². The summed E-state index contributed by atoms with van der Waals surface area (Å²) in [5, 5.41) is 18.6. The first-order valence-electron chi connectivity index (χ1n) is 8.98. The Labute approximate surface area is 169 Å². The molecule has 0 spiro atoms. The number of thioether (sulfide) groups is 1. The van der Waals surface area contributed by atoms with E-state index in [1.54, 1.807) is 10.6 Å². The third kappa shape index (κ3) is 3.77. The second-order valence-corrected chi connectivity index (χ2v) is 7.35. The van der Waals surface area contributed by atoms with Crippen LogP contribution in [0.1, 0.15) is 18.1 Å². The van der Waals surface area contributed by atoms with Crippen molar-refractivity contribution in [2.75, 3.05) is 0 Å². The lowest BCUT2D eigenvalue weighted by atomic mass is 10.1. The Balaban J connectivity index is 1.75. The van der Waals surface area contributed by atoms with Crippen molar-refractivity contribution in [3.8, 4) is 5.69 Å². The van der Waals surface area contributed by atoms with Crippen LogP contribution in [0.15, 0.2) is 64.7 Å². The van der Waals surface area contributed by atoms with Crippen LogP contribution in [0.25, 0.3) is 16.7 Å². The molecular formula is C20H17N5O3S. The second kappa shape index (κ2) is 7.88. The number of fused-ring (bicyclic) bond motifs is 1. The van der Waals surface area contributed by atoms with Crippen LogP contribution >= 0.6 is 11.8 Å². The lowest BCUT2D eigenvalue weighted by molar-refractivity contribution is -0.384. The number of aromatic nitrogens is 4. The van der Waals surface area contributed by atoms with Crippen molar-refractivity contribution in [3.63, 3.8) is 0 Å². The van der Waals surface area contributed by atoms with Crippen LogP contribution < -0.4 is 5.56 Å². The molecule has 9 heteroatoms. The fourth-order valence-electron chi connectivity index (χ4n) is 2.99. The van der Waals surface area contributed by atoms with Gasteiger partial charge >= 0.3 is 0 Å². The number of aryl methyl sites for hydroxylation is 1. The predicted molar refractivity (Wildman–Crippen MR) is 112 cm³/mol. The minimum Gasteiger partial charge on any atom is -0.268 e. The quantitative estimate of drug-likeness (QED) is 0.225. The predicted octanol–water partition coefficient (Wildman–Crippen LogP) is 3.87. The number of nitrogens with zero attached hydrogens (tertiary/aromatic N) is 4. The summed E-state index contributed by atoms with van der Waals surface area (Å²) in [7, 11) is 0. The van der Waals surface area contributed by atoms with E-state index in [2.05, 4.69) is 22.1 Å². The molecule has 0 aliphatic heterocycles. The largest absolute Gasteiger partial charge is 0.269 e. The summed E-state index contributed by atoms with van der Waals surface area (Å²) in [6.45, 7) is 2.07. The fraction of sp³-hybridized carbons (Fsp3) is 0.150. The Bertz CT molecular complexity index is 1250. The zero-order valence-electron chi connectivity index (χ0n) is 15.5. The number of nitro groups is 1. The van der Waals surface area contributed by atoms with Crippen LogP contribution in [0.3, 0.4) is 0 Å². The zero-order valence-corrected chi connectivity index (χ0v) is 16.3. The highest BCUT2D eigenvalue weighted by atomic mass is 32.2. The van der Waals surface area contributed by atoms with Crippen molar-refractivity contribution in [2.45, 2.75) is 24.3 Å². The van der Waals surface area contributed by atoms with Gasteiger partial charge in [0.15, 0.2) is 10.8 Å². The molecule has 1 N–H and O–H groups in total. The minimum atomic E-state index is -0.422. The standard InChI is InChI=1S/C20H17N5O3S/c1-2-13-6-8-15(9-7-13)24-19(26)17-11-21-23-18(17)22-20(24)29-12-14-4-3-5-16(10-14)25(27)28/h3-11H,2,12H2,1H3,(H,21,23). The number of aromatic amines is 1. The molecule has 2 aromatic carbocycles. The van der Waals surface area contributed by atoms with Crippen molar-refractivity contribution >= 4 is 28.5 Å². The molecule has 0 saturated carbocycles. The molecule has 4 aromatic rings. The van der Waals surface area contributed by atoms with E-state index in [-0.39, 0.29) is 11.2 Å². The maximum atomic E-state index is 13.1. The highest BCUT2D eigenvalue weighted by molar-refractivity contribution is 7.98. The number of non-ortho nitro benzene ring substituents is 1. The van der Waals surface area contributed by atoms with Crippen molar-refractivity contribution < 1.29 is 4.92 Å². The molecule has 0 aliphatic rings. The summed E-state index contributed by atoms with van der Waals surface area (Å²) in [4.78, 5) is 28.2. The smallest absolute Gasteiger partial charge is 0.268 e. The van der Waals surface area contributed by atoms with E-state index in [0.29, 0.717) is 27.6 Å². The Hall–Kier alpha value is -3.46. The van der Waals surface area contributed by atoms with E-state index in [0.717, 1.165) is 12.0 Å². The number of nitro benzene ring substituents is 1. The first-order chi connectivity index (χ1) is 14.1.